The number of ketones is 1. The molecule has 1 fully saturated rings. The highest BCUT2D eigenvalue weighted by Crippen LogP contribution is 2.16. The lowest BCUT2D eigenvalue weighted by Gasteiger charge is -2.31. The van der Waals surface area contributed by atoms with Gasteiger partial charge in [0.25, 0.3) is 0 Å². The molecule has 0 aromatic heterocycles. The van der Waals surface area contributed by atoms with Gasteiger partial charge in [-0.2, -0.15) is 0 Å². The first-order valence-electron chi connectivity index (χ1n) is 5.30. The lowest BCUT2D eigenvalue weighted by Crippen LogP contribution is -2.45. The van der Waals surface area contributed by atoms with Gasteiger partial charge in [-0.3, -0.25) is 4.79 Å². The number of ether oxygens (including phenoxy) is 1. The minimum Gasteiger partial charge on any atom is -0.444 e. The van der Waals surface area contributed by atoms with E-state index < -0.39 is 5.60 Å². The fourth-order valence-electron chi connectivity index (χ4n) is 1.42. The van der Waals surface area contributed by atoms with Crippen molar-refractivity contribution in [3.8, 4) is 0 Å². The Hall–Kier alpha value is -1.06. The molecule has 1 aliphatic rings. The Morgan fingerprint density at radius 1 is 1.47 bits per heavy atom. The van der Waals surface area contributed by atoms with Gasteiger partial charge in [0.1, 0.15) is 5.60 Å². The van der Waals surface area contributed by atoms with Gasteiger partial charge in [0.05, 0.1) is 6.54 Å². The Kier molecular flexibility index (Phi) is 3.37. The second kappa shape index (κ2) is 4.21. The number of likely N-dealkylation sites (tertiary alicyclic amines) is 1. The molecule has 1 atom stereocenters. The van der Waals surface area contributed by atoms with Gasteiger partial charge in [-0.05, 0) is 27.2 Å². The van der Waals surface area contributed by atoms with Crippen LogP contribution in [0.2, 0.25) is 0 Å². The van der Waals surface area contributed by atoms with Gasteiger partial charge in [-0.15, -0.1) is 0 Å². The van der Waals surface area contributed by atoms with E-state index in [2.05, 4.69) is 0 Å². The smallest absolute Gasteiger partial charge is 0.410 e. The van der Waals surface area contributed by atoms with Crippen molar-refractivity contribution >= 4 is 11.9 Å². The van der Waals surface area contributed by atoms with Gasteiger partial charge in [-0.25, -0.2) is 4.79 Å². The number of carbonyl (C=O) groups excluding carboxylic acids is 2. The molecule has 1 amide bonds. The molecule has 15 heavy (non-hydrogen) atoms. The average Bonchev–Trinajstić information content (AvgIpc) is 2.06. The van der Waals surface area contributed by atoms with Crippen LogP contribution in [0.15, 0.2) is 0 Å². The molecule has 1 heterocycles. The highest BCUT2D eigenvalue weighted by molar-refractivity contribution is 5.86. The van der Waals surface area contributed by atoms with Crippen molar-refractivity contribution in [2.75, 3.05) is 13.1 Å². The maximum absolute atomic E-state index is 11.6. The second-order valence-electron chi connectivity index (χ2n) is 5.06. The third kappa shape index (κ3) is 3.53. The van der Waals surface area contributed by atoms with Crippen LogP contribution in [0.25, 0.3) is 0 Å². The molecular formula is C11H19NO3. The summed E-state index contributed by atoms with van der Waals surface area (Å²) in [5.41, 5.74) is -0.497. The summed E-state index contributed by atoms with van der Waals surface area (Å²) in [6.07, 6.45) is 0.348. The Balaban J connectivity index is 2.52. The predicted octanol–water partition coefficient (Wildman–Crippen LogP) is 1.83. The number of piperidine rings is 1. The maximum Gasteiger partial charge on any atom is 0.410 e. The molecule has 0 aliphatic carbocycles. The molecule has 86 valence electrons. The van der Waals surface area contributed by atoms with Gasteiger partial charge < -0.3 is 9.64 Å². The molecule has 1 rings (SSSR count). The van der Waals surface area contributed by atoms with Crippen molar-refractivity contribution in [2.24, 2.45) is 5.92 Å². The summed E-state index contributed by atoms with van der Waals surface area (Å²) in [5, 5.41) is 0. The largest absolute Gasteiger partial charge is 0.444 e. The van der Waals surface area contributed by atoms with Crippen molar-refractivity contribution in [2.45, 2.75) is 39.7 Å². The van der Waals surface area contributed by atoms with E-state index >= 15 is 0 Å². The van der Waals surface area contributed by atoms with E-state index in [1.807, 2.05) is 27.7 Å². The minimum absolute atomic E-state index is 0.0729. The van der Waals surface area contributed by atoms with Crippen LogP contribution in [0.3, 0.4) is 0 Å². The summed E-state index contributed by atoms with van der Waals surface area (Å²) >= 11 is 0. The maximum atomic E-state index is 11.6. The van der Waals surface area contributed by atoms with Gasteiger partial charge in [0.2, 0.25) is 0 Å². The fraction of sp³-hybridized carbons (Fsp3) is 0.818. The molecule has 1 saturated heterocycles. The van der Waals surface area contributed by atoms with Crippen molar-refractivity contribution in [1.29, 1.82) is 0 Å². The van der Waals surface area contributed by atoms with Gasteiger partial charge in [-0.1, -0.05) is 6.92 Å². The number of Topliss-reactive ketones (excluding diaryl/α,β-unsaturated/α-hetero) is 1. The fourth-order valence-corrected chi connectivity index (χ4v) is 1.42. The number of hydrogen-bond acceptors (Lipinski definition) is 3. The van der Waals surface area contributed by atoms with Gasteiger partial charge >= 0.3 is 6.09 Å². The Bertz CT molecular complexity index is 267. The Morgan fingerprint density at radius 2 is 2.07 bits per heavy atom. The lowest BCUT2D eigenvalue weighted by atomic mass is 9.98. The molecule has 0 unspecified atom stereocenters. The summed E-state index contributed by atoms with van der Waals surface area (Å²) in [5.74, 6) is 0.191. The van der Waals surface area contributed by atoms with Crippen molar-refractivity contribution in [3.05, 3.63) is 0 Å². The van der Waals surface area contributed by atoms with E-state index in [0.717, 1.165) is 6.42 Å². The second-order valence-corrected chi connectivity index (χ2v) is 5.06. The normalized spacial score (nSPS) is 22.8. The number of hydrogen-bond donors (Lipinski definition) is 0. The average molecular weight is 213 g/mol. The summed E-state index contributed by atoms with van der Waals surface area (Å²) in [6.45, 7) is 8.16. The van der Waals surface area contributed by atoms with Crippen LogP contribution in [-0.2, 0) is 9.53 Å². The van der Waals surface area contributed by atoms with Crippen molar-refractivity contribution < 1.29 is 14.3 Å². The molecule has 0 spiro atoms. The Labute approximate surface area is 90.6 Å². The Morgan fingerprint density at radius 3 is 2.53 bits per heavy atom. The van der Waals surface area contributed by atoms with E-state index in [9.17, 15) is 9.59 Å². The van der Waals surface area contributed by atoms with E-state index in [0.29, 0.717) is 6.54 Å². The number of nitrogens with zero attached hydrogens (tertiary/aromatic N) is 1. The van der Waals surface area contributed by atoms with Crippen LogP contribution in [-0.4, -0.2) is 35.5 Å². The summed E-state index contributed by atoms with van der Waals surface area (Å²) < 4.78 is 5.20. The number of amides is 1. The highest BCUT2D eigenvalue weighted by atomic mass is 16.6. The van der Waals surface area contributed by atoms with E-state index in [4.69, 9.17) is 4.74 Å². The molecule has 0 radical (unpaired) electrons. The standard InChI is InChI=1S/C11H19NO3/c1-8-5-6-12(7-9(8)13)10(14)15-11(2,3)4/h8H,5-7H2,1-4H3/t8-/m0/s1. The summed E-state index contributed by atoms with van der Waals surface area (Å²) in [7, 11) is 0. The lowest BCUT2D eigenvalue weighted by molar-refractivity contribution is -0.126. The predicted molar refractivity (Wildman–Crippen MR) is 56.6 cm³/mol. The molecule has 4 heteroatoms. The number of rotatable bonds is 0. The monoisotopic (exact) mass is 213 g/mol. The molecule has 0 bridgehead atoms. The van der Waals surface area contributed by atoms with Crippen LogP contribution < -0.4 is 0 Å². The van der Waals surface area contributed by atoms with Crippen LogP contribution in [0.1, 0.15) is 34.1 Å². The van der Waals surface area contributed by atoms with Crippen molar-refractivity contribution in [3.63, 3.8) is 0 Å². The molecule has 0 saturated carbocycles. The molecule has 4 nitrogen and oxygen atoms in total. The van der Waals surface area contributed by atoms with Gasteiger partial charge in [0, 0.05) is 12.5 Å². The van der Waals surface area contributed by atoms with Crippen LogP contribution in [0, 0.1) is 5.92 Å². The topological polar surface area (TPSA) is 46.6 Å². The number of carbonyl (C=O) groups is 2. The van der Waals surface area contributed by atoms with E-state index in [-0.39, 0.29) is 24.3 Å². The van der Waals surface area contributed by atoms with Crippen molar-refractivity contribution in [1.82, 2.24) is 4.90 Å². The third-order valence-electron chi connectivity index (χ3n) is 2.38. The van der Waals surface area contributed by atoms with Crippen LogP contribution >= 0.6 is 0 Å². The molecule has 1 aliphatic heterocycles. The molecule has 0 aromatic rings. The zero-order valence-electron chi connectivity index (χ0n) is 9.87. The van der Waals surface area contributed by atoms with E-state index in [1.54, 1.807) is 0 Å². The van der Waals surface area contributed by atoms with Crippen LogP contribution in [0.5, 0.6) is 0 Å². The molecule has 0 aromatic carbocycles. The molecule has 0 N–H and O–H groups in total. The molecular weight excluding hydrogens is 194 g/mol. The summed E-state index contributed by atoms with van der Waals surface area (Å²) in [4.78, 5) is 24.5. The van der Waals surface area contributed by atoms with Gasteiger partial charge in [0.15, 0.2) is 5.78 Å². The first-order chi connectivity index (χ1) is 6.79. The third-order valence-corrected chi connectivity index (χ3v) is 2.38. The SMILES string of the molecule is C[C@H]1CCN(C(=O)OC(C)(C)C)CC1=O. The van der Waals surface area contributed by atoms with E-state index in [1.165, 1.54) is 4.90 Å². The first-order valence-corrected chi connectivity index (χ1v) is 5.30. The minimum atomic E-state index is -0.497. The summed E-state index contributed by atoms with van der Waals surface area (Å²) in [6, 6.07) is 0. The zero-order valence-corrected chi connectivity index (χ0v) is 9.87. The quantitative estimate of drug-likeness (QED) is 0.616. The highest BCUT2D eigenvalue weighted by Gasteiger charge is 2.29. The zero-order chi connectivity index (χ0) is 11.6. The van der Waals surface area contributed by atoms with Crippen LogP contribution in [0.4, 0.5) is 4.79 Å². The first kappa shape index (κ1) is 12.0.